The van der Waals surface area contributed by atoms with E-state index in [4.69, 9.17) is 4.52 Å². The maximum absolute atomic E-state index is 12.5. The molecule has 0 spiro atoms. The molecule has 0 radical (unpaired) electrons. The predicted octanol–water partition coefficient (Wildman–Crippen LogP) is 3.02. The number of thiophene rings is 1. The fourth-order valence-corrected chi connectivity index (χ4v) is 3.19. The van der Waals surface area contributed by atoms with E-state index in [-0.39, 0.29) is 11.9 Å². The van der Waals surface area contributed by atoms with Gasteiger partial charge in [-0.2, -0.15) is 11.3 Å². The Balaban J connectivity index is 1.88. The van der Waals surface area contributed by atoms with E-state index in [1.807, 2.05) is 4.90 Å². The van der Waals surface area contributed by atoms with Crippen molar-refractivity contribution in [2.75, 3.05) is 6.54 Å². The van der Waals surface area contributed by atoms with E-state index in [2.05, 4.69) is 22.0 Å². The highest BCUT2D eigenvalue weighted by Crippen LogP contribution is 2.34. The predicted molar refractivity (Wildman–Crippen MR) is 68.6 cm³/mol. The molecule has 0 saturated carbocycles. The number of carbonyl (C=O) groups is 1. The van der Waals surface area contributed by atoms with Crippen LogP contribution in [0.1, 0.15) is 40.6 Å². The molecule has 4 nitrogen and oxygen atoms in total. The first kappa shape index (κ1) is 11.5. The number of hydrogen-bond acceptors (Lipinski definition) is 4. The summed E-state index contributed by atoms with van der Waals surface area (Å²) in [7, 11) is 0. The molecule has 0 unspecified atom stereocenters. The van der Waals surface area contributed by atoms with Crippen LogP contribution in [0.25, 0.3) is 0 Å². The van der Waals surface area contributed by atoms with Crippen molar-refractivity contribution in [3.05, 3.63) is 39.9 Å². The fourth-order valence-electron chi connectivity index (χ4n) is 2.48. The third-order valence-electron chi connectivity index (χ3n) is 3.42. The molecule has 1 aliphatic rings. The Kier molecular flexibility index (Phi) is 2.91. The average Bonchev–Trinajstić information content (AvgIpc) is 3.09. The quantitative estimate of drug-likeness (QED) is 0.835. The number of hydrogen-bond donors (Lipinski definition) is 0. The molecule has 94 valence electrons. The van der Waals surface area contributed by atoms with Gasteiger partial charge in [0.2, 0.25) is 0 Å². The smallest absolute Gasteiger partial charge is 0.259 e. The zero-order valence-corrected chi connectivity index (χ0v) is 10.9. The molecule has 1 amide bonds. The molecule has 0 bridgehead atoms. The van der Waals surface area contributed by atoms with Crippen molar-refractivity contribution in [2.24, 2.45) is 0 Å². The van der Waals surface area contributed by atoms with E-state index in [1.54, 1.807) is 18.3 Å². The van der Waals surface area contributed by atoms with Gasteiger partial charge in [0, 0.05) is 6.54 Å². The normalized spacial score (nSPS) is 19.4. The van der Waals surface area contributed by atoms with Gasteiger partial charge in [0.1, 0.15) is 11.3 Å². The molecular weight excluding hydrogens is 248 g/mol. The standard InChI is InChI=1S/C13H14N2O2S/c1-9-11(7-14-17-9)13(16)15-5-2-3-12(15)10-4-6-18-8-10/h4,6-8,12H,2-3,5H2,1H3/t12-/m1/s1. The molecule has 1 saturated heterocycles. The third kappa shape index (κ3) is 1.84. The van der Waals surface area contributed by atoms with Crippen molar-refractivity contribution in [3.8, 4) is 0 Å². The topological polar surface area (TPSA) is 46.3 Å². The van der Waals surface area contributed by atoms with Crippen molar-refractivity contribution in [1.29, 1.82) is 0 Å². The first-order valence-electron chi connectivity index (χ1n) is 6.01. The van der Waals surface area contributed by atoms with Crippen LogP contribution in [0.2, 0.25) is 0 Å². The zero-order chi connectivity index (χ0) is 12.5. The molecule has 1 aliphatic heterocycles. The van der Waals surface area contributed by atoms with Gasteiger partial charge < -0.3 is 9.42 Å². The van der Waals surface area contributed by atoms with Crippen molar-refractivity contribution in [1.82, 2.24) is 10.1 Å². The monoisotopic (exact) mass is 262 g/mol. The summed E-state index contributed by atoms with van der Waals surface area (Å²) in [4.78, 5) is 14.4. The zero-order valence-electron chi connectivity index (χ0n) is 10.1. The lowest BCUT2D eigenvalue weighted by atomic mass is 10.1. The SMILES string of the molecule is Cc1oncc1C(=O)N1CCC[C@@H]1c1ccsc1. The summed E-state index contributed by atoms with van der Waals surface area (Å²) in [5.41, 5.74) is 1.82. The highest BCUT2D eigenvalue weighted by molar-refractivity contribution is 7.07. The van der Waals surface area contributed by atoms with Crippen LogP contribution in [0.5, 0.6) is 0 Å². The molecule has 5 heteroatoms. The number of carbonyl (C=O) groups excluding carboxylic acids is 1. The molecule has 3 rings (SSSR count). The van der Waals surface area contributed by atoms with E-state index < -0.39 is 0 Å². The van der Waals surface area contributed by atoms with Crippen molar-refractivity contribution in [3.63, 3.8) is 0 Å². The maximum atomic E-state index is 12.5. The molecule has 2 aromatic heterocycles. The summed E-state index contributed by atoms with van der Waals surface area (Å²) >= 11 is 1.67. The lowest BCUT2D eigenvalue weighted by Crippen LogP contribution is -2.30. The summed E-state index contributed by atoms with van der Waals surface area (Å²) < 4.78 is 4.98. The van der Waals surface area contributed by atoms with Gasteiger partial charge in [-0.15, -0.1) is 0 Å². The highest BCUT2D eigenvalue weighted by Gasteiger charge is 2.32. The Bertz CT molecular complexity index is 547. The summed E-state index contributed by atoms with van der Waals surface area (Å²) in [6, 6.07) is 2.31. The van der Waals surface area contributed by atoms with Gasteiger partial charge in [0.15, 0.2) is 0 Å². The van der Waals surface area contributed by atoms with Crippen LogP contribution in [0.15, 0.2) is 27.5 Å². The van der Waals surface area contributed by atoms with Crippen LogP contribution in [0.4, 0.5) is 0 Å². The molecule has 1 fully saturated rings. The first-order chi connectivity index (χ1) is 8.77. The van der Waals surface area contributed by atoms with E-state index in [0.29, 0.717) is 11.3 Å². The van der Waals surface area contributed by atoms with Gasteiger partial charge >= 0.3 is 0 Å². The Hall–Kier alpha value is -1.62. The number of amides is 1. The van der Waals surface area contributed by atoms with Gasteiger partial charge in [-0.05, 0) is 42.2 Å². The number of rotatable bonds is 2. The van der Waals surface area contributed by atoms with E-state index in [0.717, 1.165) is 19.4 Å². The fraction of sp³-hybridized carbons (Fsp3) is 0.385. The minimum atomic E-state index is 0.0300. The molecule has 2 aromatic rings. The maximum Gasteiger partial charge on any atom is 0.259 e. The van der Waals surface area contributed by atoms with Crippen molar-refractivity contribution >= 4 is 17.2 Å². The number of nitrogens with zero attached hydrogens (tertiary/aromatic N) is 2. The average molecular weight is 262 g/mol. The van der Waals surface area contributed by atoms with Crippen LogP contribution in [0, 0.1) is 6.92 Å². The molecule has 0 N–H and O–H groups in total. The minimum Gasteiger partial charge on any atom is -0.361 e. The summed E-state index contributed by atoms with van der Waals surface area (Å²) in [6.45, 7) is 2.58. The minimum absolute atomic E-state index is 0.0300. The number of aromatic nitrogens is 1. The van der Waals surface area contributed by atoms with E-state index >= 15 is 0 Å². The molecule has 0 aromatic carbocycles. The Morgan fingerprint density at radius 1 is 1.61 bits per heavy atom. The third-order valence-corrected chi connectivity index (χ3v) is 4.12. The van der Waals surface area contributed by atoms with Gasteiger partial charge in [0.05, 0.1) is 12.2 Å². The summed E-state index contributed by atoms with van der Waals surface area (Å²) in [5, 5.41) is 7.86. The summed E-state index contributed by atoms with van der Waals surface area (Å²) in [5.74, 6) is 0.624. The second-order valence-corrected chi connectivity index (χ2v) is 5.29. The second kappa shape index (κ2) is 4.57. The van der Waals surface area contributed by atoms with Gasteiger partial charge in [0.25, 0.3) is 5.91 Å². The van der Waals surface area contributed by atoms with Crippen LogP contribution in [0.3, 0.4) is 0 Å². The highest BCUT2D eigenvalue weighted by atomic mass is 32.1. The van der Waals surface area contributed by atoms with E-state index in [9.17, 15) is 4.79 Å². The van der Waals surface area contributed by atoms with Gasteiger partial charge in [-0.1, -0.05) is 5.16 Å². The van der Waals surface area contributed by atoms with Gasteiger partial charge in [-0.25, -0.2) is 0 Å². The second-order valence-electron chi connectivity index (χ2n) is 4.51. The van der Waals surface area contributed by atoms with Crippen LogP contribution in [-0.4, -0.2) is 22.5 Å². The van der Waals surface area contributed by atoms with Crippen molar-refractivity contribution in [2.45, 2.75) is 25.8 Å². The number of aryl methyl sites for hydroxylation is 1. The molecule has 18 heavy (non-hydrogen) atoms. The van der Waals surface area contributed by atoms with Crippen LogP contribution in [-0.2, 0) is 0 Å². The molecule has 1 atom stereocenters. The Morgan fingerprint density at radius 2 is 2.50 bits per heavy atom. The van der Waals surface area contributed by atoms with Crippen LogP contribution >= 0.6 is 11.3 Å². The Labute approximate surface area is 109 Å². The van der Waals surface area contributed by atoms with E-state index in [1.165, 1.54) is 11.8 Å². The molecule has 0 aliphatic carbocycles. The molecular formula is C13H14N2O2S. The van der Waals surface area contributed by atoms with Gasteiger partial charge in [-0.3, -0.25) is 4.79 Å². The first-order valence-corrected chi connectivity index (χ1v) is 6.96. The largest absolute Gasteiger partial charge is 0.361 e. The van der Waals surface area contributed by atoms with Crippen LogP contribution < -0.4 is 0 Å². The summed E-state index contributed by atoms with van der Waals surface area (Å²) in [6.07, 6.45) is 3.60. The number of likely N-dealkylation sites (tertiary alicyclic amines) is 1. The lowest BCUT2D eigenvalue weighted by molar-refractivity contribution is 0.0734. The lowest BCUT2D eigenvalue weighted by Gasteiger charge is -2.23. The van der Waals surface area contributed by atoms with Crippen molar-refractivity contribution < 1.29 is 9.32 Å². The molecule has 3 heterocycles. The Morgan fingerprint density at radius 3 is 3.17 bits per heavy atom.